The maximum atomic E-state index is 10.8. The van der Waals surface area contributed by atoms with Gasteiger partial charge >= 0.3 is 0 Å². The molecule has 0 aromatic heterocycles. The molecule has 0 aromatic carbocycles. The van der Waals surface area contributed by atoms with Crippen LogP contribution in [0.2, 0.25) is 0 Å². The van der Waals surface area contributed by atoms with Crippen LogP contribution >= 0.6 is 0 Å². The predicted octanol–water partition coefficient (Wildman–Crippen LogP) is 1.25. The number of nitrogens with zero attached hydrogens (tertiary/aromatic N) is 2. The van der Waals surface area contributed by atoms with Crippen LogP contribution in [0.15, 0.2) is 4.99 Å². The number of amidine groups is 1. The van der Waals surface area contributed by atoms with E-state index in [0.29, 0.717) is 6.54 Å². The van der Waals surface area contributed by atoms with Crippen LogP contribution in [0.3, 0.4) is 0 Å². The van der Waals surface area contributed by atoms with Crippen LogP contribution in [0.5, 0.6) is 0 Å². The van der Waals surface area contributed by atoms with E-state index in [1.54, 1.807) is 0 Å². The zero-order valence-electron chi connectivity index (χ0n) is 10.1. The molecule has 1 heterocycles. The Morgan fingerprint density at radius 3 is 2.88 bits per heavy atom. The van der Waals surface area contributed by atoms with Gasteiger partial charge in [0.25, 0.3) is 0 Å². The molecular formula is C12H20N2O2. The van der Waals surface area contributed by atoms with Crippen molar-refractivity contribution in [3.8, 4) is 0 Å². The maximum absolute atomic E-state index is 10.8. The third-order valence-corrected chi connectivity index (χ3v) is 3.40. The lowest BCUT2D eigenvalue weighted by atomic mass is 10.2. The summed E-state index contributed by atoms with van der Waals surface area (Å²) >= 11 is 0. The van der Waals surface area contributed by atoms with Crippen molar-refractivity contribution < 1.29 is 9.53 Å². The smallest absolute Gasteiger partial charge is 0.144 e. The van der Waals surface area contributed by atoms with Gasteiger partial charge in [-0.25, -0.2) is 0 Å². The normalized spacial score (nSPS) is 26.8. The average Bonchev–Trinajstić information content (AvgIpc) is 2.96. The molecule has 1 fully saturated rings. The Hall–Kier alpha value is -0.900. The second kappa shape index (κ2) is 4.53. The van der Waals surface area contributed by atoms with Gasteiger partial charge in [-0.15, -0.1) is 0 Å². The first-order chi connectivity index (χ1) is 7.73. The van der Waals surface area contributed by atoms with Gasteiger partial charge < -0.3 is 14.4 Å². The second-order valence-electron chi connectivity index (χ2n) is 4.67. The number of carbonyl (C=O) groups is 1. The van der Waals surface area contributed by atoms with Crippen LogP contribution in [0.1, 0.15) is 32.6 Å². The van der Waals surface area contributed by atoms with Crippen molar-refractivity contribution in [3.63, 3.8) is 0 Å². The fourth-order valence-electron chi connectivity index (χ4n) is 2.13. The van der Waals surface area contributed by atoms with E-state index in [-0.39, 0.29) is 11.6 Å². The van der Waals surface area contributed by atoms with Gasteiger partial charge in [0.05, 0.1) is 6.54 Å². The van der Waals surface area contributed by atoms with Gasteiger partial charge in [0.15, 0.2) is 0 Å². The Balaban J connectivity index is 1.94. The second-order valence-corrected chi connectivity index (χ2v) is 4.67. The van der Waals surface area contributed by atoms with E-state index in [4.69, 9.17) is 4.74 Å². The number of aldehydes is 1. The first kappa shape index (κ1) is 11.6. The van der Waals surface area contributed by atoms with E-state index >= 15 is 0 Å². The summed E-state index contributed by atoms with van der Waals surface area (Å²) < 4.78 is 5.94. The van der Waals surface area contributed by atoms with Gasteiger partial charge in [0.2, 0.25) is 0 Å². The molecule has 0 aromatic rings. The van der Waals surface area contributed by atoms with Crippen LogP contribution in [-0.2, 0) is 9.53 Å². The average molecular weight is 224 g/mol. The van der Waals surface area contributed by atoms with E-state index < -0.39 is 0 Å². The monoisotopic (exact) mass is 224 g/mol. The lowest BCUT2D eigenvalue weighted by Gasteiger charge is -2.25. The van der Waals surface area contributed by atoms with Gasteiger partial charge in [0.1, 0.15) is 23.8 Å². The topological polar surface area (TPSA) is 41.9 Å². The summed E-state index contributed by atoms with van der Waals surface area (Å²) in [6.45, 7) is 3.55. The Kier molecular flexibility index (Phi) is 3.28. The molecule has 1 unspecified atom stereocenters. The zero-order chi connectivity index (χ0) is 11.6. The molecule has 1 saturated carbocycles. The SMILES string of the molecule is CCCCOC1(C2=NCC(C=O)N2C)CC1. The third-order valence-electron chi connectivity index (χ3n) is 3.40. The Morgan fingerprint density at radius 2 is 2.38 bits per heavy atom. The summed E-state index contributed by atoms with van der Waals surface area (Å²) in [4.78, 5) is 17.3. The predicted molar refractivity (Wildman–Crippen MR) is 62.7 cm³/mol. The highest BCUT2D eigenvalue weighted by Gasteiger charge is 2.52. The molecule has 4 heteroatoms. The Labute approximate surface area is 96.7 Å². The molecule has 1 aliphatic heterocycles. The van der Waals surface area contributed by atoms with Crippen molar-refractivity contribution in [2.75, 3.05) is 20.2 Å². The van der Waals surface area contributed by atoms with Crippen LogP contribution in [0.25, 0.3) is 0 Å². The van der Waals surface area contributed by atoms with Gasteiger partial charge in [-0.1, -0.05) is 13.3 Å². The number of unbranched alkanes of at least 4 members (excludes halogenated alkanes) is 1. The highest BCUT2D eigenvalue weighted by Crippen LogP contribution is 2.43. The minimum Gasteiger partial charge on any atom is -0.367 e. The van der Waals surface area contributed by atoms with Crippen molar-refractivity contribution in [1.82, 2.24) is 4.90 Å². The molecule has 1 aliphatic carbocycles. The molecule has 0 bridgehead atoms. The van der Waals surface area contributed by atoms with E-state index in [0.717, 1.165) is 44.4 Å². The Bertz CT molecular complexity index is 297. The van der Waals surface area contributed by atoms with Crippen LogP contribution in [0, 0.1) is 0 Å². The molecule has 1 atom stereocenters. The van der Waals surface area contributed by atoms with Gasteiger partial charge in [-0.3, -0.25) is 4.99 Å². The zero-order valence-corrected chi connectivity index (χ0v) is 10.1. The number of ether oxygens (including phenoxy) is 1. The number of hydrogen-bond acceptors (Lipinski definition) is 4. The van der Waals surface area contributed by atoms with Gasteiger partial charge in [-0.05, 0) is 19.3 Å². The largest absolute Gasteiger partial charge is 0.367 e. The molecule has 2 aliphatic rings. The maximum Gasteiger partial charge on any atom is 0.144 e. The minimum atomic E-state index is -0.151. The molecule has 0 N–H and O–H groups in total. The first-order valence-electron chi connectivity index (χ1n) is 6.10. The number of hydrogen-bond donors (Lipinski definition) is 0. The minimum absolute atomic E-state index is 0.0812. The highest BCUT2D eigenvalue weighted by molar-refractivity contribution is 5.96. The summed E-state index contributed by atoms with van der Waals surface area (Å²) in [5, 5.41) is 0. The van der Waals surface area contributed by atoms with E-state index in [1.165, 1.54) is 0 Å². The molecule has 0 amide bonds. The van der Waals surface area contributed by atoms with Crippen molar-refractivity contribution >= 4 is 12.1 Å². The van der Waals surface area contributed by atoms with Crippen LogP contribution < -0.4 is 0 Å². The molecule has 0 radical (unpaired) electrons. The summed E-state index contributed by atoms with van der Waals surface area (Å²) in [5.41, 5.74) is -0.151. The van der Waals surface area contributed by atoms with E-state index in [9.17, 15) is 4.79 Å². The molecule has 0 saturated heterocycles. The lowest BCUT2D eigenvalue weighted by molar-refractivity contribution is -0.110. The molecule has 16 heavy (non-hydrogen) atoms. The molecule has 90 valence electrons. The molecule has 2 rings (SSSR count). The lowest BCUT2D eigenvalue weighted by Crippen LogP contribution is -2.42. The standard InChI is InChI=1S/C12H20N2O2/c1-3-4-7-16-12(5-6-12)11-13-8-10(9-15)14(11)2/h9-10H,3-8H2,1-2H3. The number of likely N-dealkylation sites (N-methyl/N-ethyl adjacent to an activating group) is 1. The third kappa shape index (κ3) is 1.98. The molecule has 4 nitrogen and oxygen atoms in total. The summed E-state index contributed by atoms with van der Waals surface area (Å²) in [6, 6.07) is -0.0812. The van der Waals surface area contributed by atoms with Crippen molar-refractivity contribution in [2.24, 2.45) is 4.99 Å². The summed E-state index contributed by atoms with van der Waals surface area (Å²) in [7, 11) is 1.94. The highest BCUT2D eigenvalue weighted by atomic mass is 16.5. The fourth-order valence-corrected chi connectivity index (χ4v) is 2.13. The fraction of sp³-hybridized carbons (Fsp3) is 0.833. The number of rotatable bonds is 6. The van der Waals surface area contributed by atoms with Gasteiger partial charge in [-0.2, -0.15) is 0 Å². The van der Waals surface area contributed by atoms with Gasteiger partial charge in [0, 0.05) is 13.7 Å². The Morgan fingerprint density at radius 1 is 1.62 bits per heavy atom. The first-order valence-corrected chi connectivity index (χ1v) is 6.10. The number of aliphatic imine (C=N–C) groups is 1. The number of carbonyl (C=O) groups excluding carboxylic acids is 1. The summed E-state index contributed by atoms with van der Waals surface area (Å²) in [5.74, 6) is 0.987. The van der Waals surface area contributed by atoms with E-state index in [2.05, 4.69) is 11.9 Å². The van der Waals surface area contributed by atoms with E-state index in [1.807, 2.05) is 11.9 Å². The molecular weight excluding hydrogens is 204 g/mol. The van der Waals surface area contributed by atoms with Crippen LogP contribution in [-0.4, -0.2) is 48.9 Å². The summed E-state index contributed by atoms with van der Waals surface area (Å²) in [6.07, 6.45) is 5.31. The van der Waals surface area contributed by atoms with Crippen molar-refractivity contribution in [1.29, 1.82) is 0 Å². The quantitative estimate of drug-likeness (QED) is 0.503. The van der Waals surface area contributed by atoms with Crippen molar-refractivity contribution in [2.45, 2.75) is 44.2 Å². The van der Waals surface area contributed by atoms with Crippen molar-refractivity contribution in [3.05, 3.63) is 0 Å². The molecule has 0 spiro atoms. The van der Waals surface area contributed by atoms with Crippen LogP contribution in [0.4, 0.5) is 0 Å².